The predicted molar refractivity (Wildman–Crippen MR) is 155 cm³/mol. The SMILES string of the molecule is COc1ccc([C@H]2C3=C(N=c4s/c(=C\c5c(C)[nH]c6ccccc56)c(=O)n42)c2ccccc2CC3)cc1OC. The smallest absolute Gasteiger partial charge is 0.271 e. The second-order valence-corrected chi connectivity index (χ2v) is 10.9. The first-order chi connectivity index (χ1) is 19.1. The zero-order chi connectivity index (χ0) is 26.7. The summed E-state index contributed by atoms with van der Waals surface area (Å²) in [6.45, 7) is 2.05. The number of aromatic amines is 1. The van der Waals surface area contributed by atoms with E-state index >= 15 is 0 Å². The van der Waals surface area contributed by atoms with Crippen LogP contribution in [0.15, 0.2) is 82.1 Å². The van der Waals surface area contributed by atoms with Crippen LogP contribution in [-0.2, 0) is 6.42 Å². The lowest BCUT2D eigenvalue weighted by Gasteiger charge is -2.31. The third kappa shape index (κ3) is 3.68. The van der Waals surface area contributed by atoms with Crippen molar-refractivity contribution in [2.24, 2.45) is 4.99 Å². The van der Waals surface area contributed by atoms with Crippen LogP contribution >= 0.6 is 11.3 Å². The highest BCUT2D eigenvalue weighted by Gasteiger charge is 2.33. The fraction of sp³-hybridized carbons (Fsp3) is 0.188. The number of hydrogen-bond acceptors (Lipinski definition) is 5. The van der Waals surface area contributed by atoms with Gasteiger partial charge in [0.05, 0.1) is 30.5 Å². The van der Waals surface area contributed by atoms with Gasteiger partial charge in [-0.15, -0.1) is 0 Å². The van der Waals surface area contributed by atoms with Gasteiger partial charge >= 0.3 is 0 Å². The fourth-order valence-corrected chi connectivity index (χ4v) is 6.94. The Labute approximate surface area is 229 Å². The highest BCUT2D eigenvalue weighted by Crippen LogP contribution is 2.42. The average Bonchev–Trinajstić information content (AvgIpc) is 3.46. The van der Waals surface area contributed by atoms with Crippen molar-refractivity contribution < 1.29 is 9.47 Å². The minimum Gasteiger partial charge on any atom is -0.493 e. The zero-order valence-corrected chi connectivity index (χ0v) is 22.8. The van der Waals surface area contributed by atoms with E-state index in [1.165, 1.54) is 16.9 Å². The van der Waals surface area contributed by atoms with Crippen molar-refractivity contribution in [3.63, 3.8) is 0 Å². The molecule has 1 aliphatic heterocycles. The van der Waals surface area contributed by atoms with Gasteiger partial charge in [-0.25, -0.2) is 4.99 Å². The van der Waals surface area contributed by atoms with Crippen molar-refractivity contribution in [3.8, 4) is 11.5 Å². The molecule has 5 aromatic rings. The van der Waals surface area contributed by atoms with Crippen molar-refractivity contribution in [3.05, 3.63) is 120 Å². The van der Waals surface area contributed by atoms with Crippen LogP contribution in [0.4, 0.5) is 0 Å². The van der Waals surface area contributed by atoms with Crippen molar-refractivity contribution in [1.82, 2.24) is 9.55 Å². The number of aryl methyl sites for hydroxylation is 2. The third-order valence-corrected chi connectivity index (χ3v) is 8.80. The molecular formula is C32H27N3O3S. The van der Waals surface area contributed by atoms with Gasteiger partial charge in [-0.1, -0.05) is 59.9 Å². The van der Waals surface area contributed by atoms with Gasteiger partial charge in [0.15, 0.2) is 16.3 Å². The quantitative estimate of drug-likeness (QED) is 0.349. The molecule has 0 fully saturated rings. The van der Waals surface area contributed by atoms with E-state index in [1.54, 1.807) is 14.2 Å². The summed E-state index contributed by atoms with van der Waals surface area (Å²) in [4.78, 5) is 23.4. The topological polar surface area (TPSA) is 68.6 Å². The number of thiazole rings is 1. The van der Waals surface area contributed by atoms with Gasteiger partial charge in [0, 0.05) is 27.7 Å². The van der Waals surface area contributed by atoms with Crippen LogP contribution in [0.3, 0.4) is 0 Å². The molecule has 0 amide bonds. The lowest BCUT2D eigenvalue weighted by Crippen LogP contribution is -2.38. The second-order valence-electron chi connectivity index (χ2n) is 9.94. The summed E-state index contributed by atoms with van der Waals surface area (Å²) in [7, 11) is 3.27. The number of methoxy groups -OCH3 is 2. The van der Waals surface area contributed by atoms with Crippen molar-refractivity contribution >= 4 is 34.0 Å². The van der Waals surface area contributed by atoms with Gasteiger partial charge < -0.3 is 14.5 Å². The molecule has 194 valence electrons. The molecule has 0 unspecified atom stereocenters. The molecule has 1 aliphatic carbocycles. The summed E-state index contributed by atoms with van der Waals surface area (Å²) in [5.41, 5.74) is 8.65. The van der Waals surface area contributed by atoms with Crippen LogP contribution in [0, 0.1) is 6.92 Å². The number of hydrogen-bond donors (Lipinski definition) is 1. The Balaban J connectivity index is 1.50. The normalized spacial score (nSPS) is 16.5. The molecule has 3 heterocycles. The number of nitrogens with zero attached hydrogens (tertiary/aromatic N) is 2. The number of para-hydroxylation sites is 1. The number of nitrogens with one attached hydrogen (secondary N) is 1. The monoisotopic (exact) mass is 533 g/mol. The summed E-state index contributed by atoms with van der Waals surface area (Å²) in [6, 6.07) is 22.3. The number of aromatic nitrogens is 2. The highest BCUT2D eigenvalue weighted by atomic mass is 32.1. The number of allylic oxidation sites excluding steroid dienone is 1. The summed E-state index contributed by atoms with van der Waals surface area (Å²) >= 11 is 1.45. The zero-order valence-electron chi connectivity index (χ0n) is 21.9. The predicted octanol–water partition coefficient (Wildman–Crippen LogP) is 5.13. The van der Waals surface area contributed by atoms with E-state index in [0.717, 1.165) is 57.4 Å². The summed E-state index contributed by atoms with van der Waals surface area (Å²) in [5, 5.41) is 1.10. The molecule has 0 saturated heterocycles. The Morgan fingerprint density at radius 2 is 1.79 bits per heavy atom. The molecule has 7 rings (SSSR count). The van der Waals surface area contributed by atoms with Crippen LogP contribution in [0.1, 0.15) is 40.4 Å². The van der Waals surface area contributed by atoms with Crippen molar-refractivity contribution in [1.29, 1.82) is 0 Å². The minimum absolute atomic E-state index is 0.0337. The molecule has 0 saturated carbocycles. The summed E-state index contributed by atoms with van der Waals surface area (Å²) < 4.78 is 13.7. The van der Waals surface area contributed by atoms with Crippen LogP contribution in [0.2, 0.25) is 0 Å². The maximum absolute atomic E-state index is 14.2. The molecular weight excluding hydrogens is 506 g/mol. The van der Waals surface area contributed by atoms with E-state index in [-0.39, 0.29) is 11.6 Å². The lowest BCUT2D eigenvalue weighted by molar-refractivity contribution is 0.354. The molecule has 1 atom stereocenters. The van der Waals surface area contributed by atoms with Gasteiger partial charge in [0.2, 0.25) is 0 Å². The molecule has 0 spiro atoms. The van der Waals surface area contributed by atoms with Gasteiger partial charge in [0.1, 0.15) is 0 Å². The number of fused-ring (bicyclic) bond motifs is 4. The standard InChI is InChI=1S/C32H27N3O3S/c1-18-24(22-10-6-7-11-25(22)33-18)17-28-31(36)35-30(20-13-15-26(37-2)27(16-20)38-3)23-14-12-19-8-4-5-9-21(19)29(23)34-32(35)39-28/h4-11,13,15-17,30,33H,12,14H2,1-3H3/b28-17-/t30-/m0/s1. The van der Waals surface area contributed by atoms with Gasteiger partial charge in [-0.05, 0) is 60.7 Å². The van der Waals surface area contributed by atoms with Crippen molar-refractivity contribution in [2.45, 2.75) is 25.8 Å². The Hall–Kier alpha value is -4.36. The Kier molecular flexibility index (Phi) is 5.56. The van der Waals surface area contributed by atoms with Gasteiger partial charge in [0.25, 0.3) is 5.56 Å². The maximum Gasteiger partial charge on any atom is 0.271 e. The number of rotatable bonds is 4. The van der Waals surface area contributed by atoms with Crippen LogP contribution in [0.25, 0.3) is 22.7 Å². The Bertz CT molecular complexity index is 1990. The molecule has 0 radical (unpaired) electrons. The van der Waals surface area contributed by atoms with Gasteiger partial charge in [-0.3, -0.25) is 9.36 Å². The van der Waals surface area contributed by atoms with E-state index in [4.69, 9.17) is 14.5 Å². The maximum atomic E-state index is 14.2. The second kappa shape index (κ2) is 9.13. The highest BCUT2D eigenvalue weighted by molar-refractivity contribution is 7.07. The van der Waals surface area contributed by atoms with E-state index in [9.17, 15) is 4.79 Å². The van der Waals surface area contributed by atoms with E-state index < -0.39 is 0 Å². The van der Waals surface area contributed by atoms with Crippen LogP contribution < -0.4 is 24.4 Å². The van der Waals surface area contributed by atoms with Crippen molar-refractivity contribution in [2.75, 3.05) is 14.2 Å². The number of ether oxygens (including phenoxy) is 2. The molecule has 2 aliphatic rings. The first-order valence-electron chi connectivity index (χ1n) is 13.0. The number of benzene rings is 3. The Morgan fingerprint density at radius 3 is 2.64 bits per heavy atom. The summed E-state index contributed by atoms with van der Waals surface area (Å²) in [6.07, 6.45) is 3.76. The van der Waals surface area contributed by atoms with Gasteiger partial charge in [-0.2, -0.15) is 0 Å². The average molecular weight is 534 g/mol. The van der Waals surface area contributed by atoms with Crippen LogP contribution in [-0.4, -0.2) is 23.8 Å². The molecule has 7 heteroatoms. The first-order valence-corrected chi connectivity index (χ1v) is 13.8. The first kappa shape index (κ1) is 23.7. The van der Waals surface area contributed by atoms with E-state index in [2.05, 4.69) is 41.4 Å². The fourth-order valence-electron chi connectivity index (χ4n) is 5.96. The molecule has 2 aromatic heterocycles. The molecule has 0 bridgehead atoms. The number of H-pyrrole nitrogens is 1. The molecule has 6 nitrogen and oxygen atoms in total. The van der Waals surface area contributed by atoms with E-state index in [1.807, 2.05) is 47.9 Å². The minimum atomic E-state index is -0.282. The Morgan fingerprint density at radius 1 is 1.00 bits per heavy atom. The van der Waals surface area contributed by atoms with E-state index in [0.29, 0.717) is 20.8 Å². The largest absolute Gasteiger partial charge is 0.493 e. The third-order valence-electron chi connectivity index (χ3n) is 7.82. The summed E-state index contributed by atoms with van der Waals surface area (Å²) in [5.74, 6) is 1.30. The lowest BCUT2D eigenvalue weighted by atomic mass is 9.83. The van der Waals surface area contributed by atoms with Crippen LogP contribution in [0.5, 0.6) is 11.5 Å². The molecule has 39 heavy (non-hydrogen) atoms. The molecule has 3 aromatic carbocycles. The molecule has 1 N–H and O–H groups in total.